The molecular weight excluding hydrogens is 450 g/mol. The third-order valence-electron chi connectivity index (χ3n) is 5.39. The van der Waals surface area contributed by atoms with Crippen molar-refractivity contribution in [2.24, 2.45) is 0 Å². The van der Waals surface area contributed by atoms with Crippen molar-refractivity contribution in [3.8, 4) is 0 Å². The van der Waals surface area contributed by atoms with Gasteiger partial charge in [-0.3, -0.25) is 14.5 Å². The Morgan fingerprint density at radius 2 is 2.00 bits per heavy atom. The fourth-order valence-corrected chi connectivity index (χ4v) is 6.10. The highest BCUT2D eigenvalue weighted by molar-refractivity contribution is 7.98. The second kappa shape index (κ2) is 10.5. The van der Waals surface area contributed by atoms with Crippen LogP contribution in [0.3, 0.4) is 0 Å². The molecule has 174 valence electrons. The van der Waals surface area contributed by atoms with Gasteiger partial charge in [0, 0.05) is 44.4 Å². The standard InChI is InChI=1S/C22H29N3O5S2/c1-4-24(5-2)32(28,29)19-8-9-20-17(13-19)14-21(25(20)16(3)26)22(27)23-10-12-31-15-18-7-6-11-30-18/h6-9,11,13,21H,4-5,10,12,14-15H2,1-3H3,(H,23,27)/t21-/m1/s1. The lowest BCUT2D eigenvalue weighted by atomic mass is 10.1. The molecule has 0 saturated carbocycles. The minimum absolute atomic E-state index is 0.179. The number of hydrogen-bond acceptors (Lipinski definition) is 6. The van der Waals surface area contributed by atoms with Crippen LogP contribution in [0.4, 0.5) is 5.69 Å². The molecule has 0 fully saturated rings. The molecule has 1 N–H and O–H groups in total. The number of nitrogens with one attached hydrogen (secondary N) is 1. The second-order valence-electron chi connectivity index (χ2n) is 7.41. The zero-order valence-electron chi connectivity index (χ0n) is 18.5. The minimum atomic E-state index is -3.62. The molecule has 1 atom stereocenters. The molecule has 2 amide bonds. The summed E-state index contributed by atoms with van der Waals surface area (Å²) < 4.78 is 32.4. The minimum Gasteiger partial charge on any atom is -0.468 e. The summed E-state index contributed by atoms with van der Waals surface area (Å²) in [6, 6.07) is 7.77. The van der Waals surface area contributed by atoms with Gasteiger partial charge in [0.15, 0.2) is 0 Å². The van der Waals surface area contributed by atoms with Crippen molar-refractivity contribution in [2.75, 3.05) is 30.3 Å². The summed E-state index contributed by atoms with van der Waals surface area (Å²) in [7, 11) is -3.62. The number of sulfonamides is 1. The number of carbonyl (C=O) groups excluding carboxylic acids is 2. The zero-order chi connectivity index (χ0) is 23.3. The van der Waals surface area contributed by atoms with Crippen LogP contribution in [0, 0.1) is 0 Å². The van der Waals surface area contributed by atoms with Crippen LogP contribution in [-0.2, 0) is 31.8 Å². The largest absolute Gasteiger partial charge is 0.468 e. The zero-order valence-corrected chi connectivity index (χ0v) is 20.2. The first kappa shape index (κ1) is 24.3. The van der Waals surface area contributed by atoms with E-state index in [-0.39, 0.29) is 23.1 Å². The smallest absolute Gasteiger partial charge is 0.243 e. The van der Waals surface area contributed by atoms with E-state index in [9.17, 15) is 18.0 Å². The molecule has 32 heavy (non-hydrogen) atoms. The fraction of sp³-hybridized carbons (Fsp3) is 0.455. The highest BCUT2D eigenvalue weighted by Crippen LogP contribution is 2.35. The summed E-state index contributed by atoms with van der Waals surface area (Å²) >= 11 is 1.64. The maximum absolute atomic E-state index is 12.9. The van der Waals surface area contributed by atoms with Gasteiger partial charge in [0.05, 0.1) is 16.9 Å². The molecule has 3 rings (SSSR count). The van der Waals surface area contributed by atoms with E-state index < -0.39 is 16.1 Å². The van der Waals surface area contributed by atoms with E-state index in [1.165, 1.54) is 22.2 Å². The summed E-state index contributed by atoms with van der Waals surface area (Å²) in [6.45, 7) is 6.20. The summed E-state index contributed by atoms with van der Waals surface area (Å²) in [5, 5.41) is 2.90. The number of nitrogens with zero attached hydrogens (tertiary/aromatic N) is 2. The predicted molar refractivity (Wildman–Crippen MR) is 125 cm³/mol. The molecule has 8 nitrogen and oxygen atoms in total. The Morgan fingerprint density at radius 1 is 1.25 bits per heavy atom. The van der Waals surface area contributed by atoms with Gasteiger partial charge in [-0.1, -0.05) is 13.8 Å². The van der Waals surface area contributed by atoms with Crippen LogP contribution in [0.1, 0.15) is 32.1 Å². The number of hydrogen-bond donors (Lipinski definition) is 1. The first-order valence-electron chi connectivity index (χ1n) is 10.6. The highest BCUT2D eigenvalue weighted by atomic mass is 32.2. The van der Waals surface area contributed by atoms with Crippen molar-refractivity contribution < 1.29 is 22.4 Å². The lowest BCUT2D eigenvalue weighted by Gasteiger charge is -2.23. The van der Waals surface area contributed by atoms with Gasteiger partial charge in [-0.15, -0.1) is 0 Å². The molecule has 1 aliphatic rings. The van der Waals surface area contributed by atoms with Crippen LogP contribution in [0.15, 0.2) is 45.9 Å². The Labute approximate surface area is 193 Å². The number of anilines is 1. The van der Waals surface area contributed by atoms with E-state index >= 15 is 0 Å². The number of fused-ring (bicyclic) bond motifs is 1. The Bertz CT molecular complexity index is 1050. The molecule has 1 aromatic carbocycles. The molecule has 0 unspecified atom stereocenters. The summed E-state index contributed by atoms with van der Waals surface area (Å²) in [6.07, 6.45) is 1.91. The molecule has 0 bridgehead atoms. The van der Waals surface area contributed by atoms with Crippen LogP contribution < -0.4 is 10.2 Å². The molecular formula is C22H29N3O5S2. The quantitative estimate of drug-likeness (QED) is 0.526. The second-order valence-corrected chi connectivity index (χ2v) is 10.5. The fourth-order valence-electron chi connectivity index (χ4n) is 3.83. The molecule has 0 aliphatic carbocycles. The van der Waals surface area contributed by atoms with Gasteiger partial charge in [0.1, 0.15) is 11.8 Å². The van der Waals surface area contributed by atoms with Crippen molar-refractivity contribution >= 4 is 39.3 Å². The Balaban J connectivity index is 1.67. The molecule has 0 saturated heterocycles. The first-order valence-corrected chi connectivity index (χ1v) is 13.2. The molecule has 2 aromatic rings. The number of furan rings is 1. The molecule has 2 heterocycles. The van der Waals surface area contributed by atoms with Crippen molar-refractivity contribution in [3.63, 3.8) is 0 Å². The predicted octanol–water partition coefficient (Wildman–Crippen LogP) is 2.64. The summed E-state index contributed by atoms with van der Waals surface area (Å²) in [5.74, 6) is 1.81. The van der Waals surface area contributed by atoms with E-state index in [1.54, 1.807) is 44.0 Å². The third-order valence-corrected chi connectivity index (χ3v) is 8.42. The van der Waals surface area contributed by atoms with Crippen LogP contribution in [0.5, 0.6) is 0 Å². The number of carbonyl (C=O) groups is 2. The highest BCUT2D eigenvalue weighted by Gasteiger charge is 2.37. The third kappa shape index (κ3) is 5.19. The van der Waals surface area contributed by atoms with E-state index in [2.05, 4.69) is 5.32 Å². The molecule has 10 heteroatoms. The lowest BCUT2D eigenvalue weighted by Crippen LogP contribution is -2.47. The van der Waals surface area contributed by atoms with E-state index in [0.717, 1.165) is 11.5 Å². The lowest BCUT2D eigenvalue weighted by molar-refractivity contribution is -0.125. The van der Waals surface area contributed by atoms with Gasteiger partial charge < -0.3 is 9.73 Å². The van der Waals surface area contributed by atoms with Gasteiger partial charge in [-0.2, -0.15) is 16.1 Å². The van der Waals surface area contributed by atoms with Crippen LogP contribution in [0.25, 0.3) is 0 Å². The summed E-state index contributed by atoms with van der Waals surface area (Å²) in [5.41, 5.74) is 1.27. The first-order chi connectivity index (χ1) is 15.3. The van der Waals surface area contributed by atoms with Gasteiger partial charge in [0.25, 0.3) is 0 Å². The van der Waals surface area contributed by atoms with Crippen molar-refractivity contribution in [3.05, 3.63) is 47.9 Å². The van der Waals surface area contributed by atoms with Gasteiger partial charge in [-0.25, -0.2) is 8.42 Å². The van der Waals surface area contributed by atoms with Gasteiger partial charge >= 0.3 is 0 Å². The van der Waals surface area contributed by atoms with Crippen molar-refractivity contribution in [2.45, 2.75) is 43.9 Å². The number of rotatable bonds is 10. The maximum Gasteiger partial charge on any atom is 0.243 e. The Kier molecular flexibility index (Phi) is 8.02. The monoisotopic (exact) mass is 479 g/mol. The average molecular weight is 480 g/mol. The topological polar surface area (TPSA) is 99.9 Å². The Hall–Kier alpha value is -2.30. The Morgan fingerprint density at radius 3 is 2.62 bits per heavy atom. The molecule has 1 aliphatic heterocycles. The average Bonchev–Trinajstić information content (AvgIpc) is 3.41. The maximum atomic E-state index is 12.9. The van der Waals surface area contributed by atoms with Gasteiger partial charge in [-0.05, 0) is 35.9 Å². The van der Waals surface area contributed by atoms with Gasteiger partial charge in [0.2, 0.25) is 21.8 Å². The van der Waals surface area contributed by atoms with E-state index in [0.29, 0.717) is 36.6 Å². The number of thioether (sulfide) groups is 1. The number of benzene rings is 1. The van der Waals surface area contributed by atoms with Crippen LogP contribution in [0.2, 0.25) is 0 Å². The summed E-state index contributed by atoms with van der Waals surface area (Å²) in [4.78, 5) is 26.8. The molecule has 1 aromatic heterocycles. The SMILES string of the molecule is CCN(CC)S(=O)(=O)c1ccc2c(c1)C[C@H](C(=O)NCCSCc1ccco1)N2C(C)=O. The van der Waals surface area contributed by atoms with Crippen LogP contribution in [-0.4, -0.2) is 56.0 Å². The number of amides is 2. The van der Waals surface area contributed by atoms with Crippen molar-refractivity contribution in [1.29, 1.82) is 0 Å². The van der Waals surface area contributed by atoms with E-state index in [1.807, 2.05) is 12.1 Å². The van der Waals surface area contributed by atoms with Crippen LogP contribution >= 0.6 is 11.8 Å². The normalized spacial score (nSPS) is 15.8. The molecule has 0 spiro atoms. The van der Waals surface area contributed by atoms with Crippen molar-refractivity contribution in [1.82, 2.24) is 9.62 Å². The molecule has 0 radical (unpaired) electrons. The van der Waals surface area contributed by atoms with E-state index in [4.69, 9.17) is 4.42 Å².